The van der Waals surface area contributed by atoms with Gasteiger partial charge in [0.1, 0.15) is 10.8 Å². The summed E-state index contributed by atoms with van der Waals surface area (Å²) in [5.74, 6) is -0.373. The summed E-state index contributed by atoms with van der Waals surface area (Å²) in [4.78, 5) is 27.1. The van der Waals surface area contributed by atoms with Crippen molar-refractivity contribution in [2.24, 2.45) is 0 Å². The number of benzene rings is 2. The van der Waals surface area contributed by atoms with E-state index in [1.807, 2.05) is 11.8 Å². The lowest BCUT2D eigenvalue weighted by Gasteiger charge is -2.44. The number of nitro benzene ring substituents is 1. The van der Waals surface area contributed by atoms with E-state index < -0.39 is 4.92 Å². The highest BCUT2D eigenvalue weighted by Gasteiger charge is 2.31. The van der Waals surface area contributed by atoms with Crippen molar-refractivity contribution in [2.75, 3.05) is 13.1 Å². The number of hydrogen-bond acceptors (Lipinski definition) is 4. The van der Waals surface area contributed by atoms with Crippen LogP contribution in [-0.4, -0.2) is 45.8 Å². The Morgan fingerprint density at radius 2 is 1.90 bits per heavy atom. The van der Waals surface area contributed by atoms with Crippen LogP contribution in [0.1, 0.15) is 25.0 Å². The van der Waals surface area contributed by atoms with Crippen molar-refractivity contribution in [1.82, 2.24) is 9.80 Å². The van der Waals surface area contributed by atoms with Gasteiger partial charge in [0, 0.05) is 43.9 Å². The van der Waals surface area contributed by atoms with E-state index >= 15 is 0 Å². The molecule has 0 spiro atoms. The third kappa shape index (κ3) is 5.23. The smallest absolute Gasteiger partial charge is 0.287 e. The number of amides is 1. The summed E-state index contributed by atoms with van der Waals surface area (Å²) in [5.41, 5.74) is 1.49. The first-order valence-electron chi connectivity index (χ1n) is 9.65. The maximum absolute atomic E-state index is 13.1. The van der Waals surface area contributed by atoms with Gasteiger partial charge in [-0.15, -0.1) is 0 Å². The van der Waals surface area contributed by atoms with Crippen molar-refractivity contribution in [2.45, 2.75) is 32.5 Å². The van der Waals surface area contributed by atoms with Crippen molar-refractivity contribution in [1.29, 1.82) is 0 Å². The van der Waals surface area contributed by atoms with Crippen LogP contribution in [-0.2, 0) is 11.3 Å². The summed E-state index contributed by atoms with van der Waals surface area (Å²) < 4.78 is 13.1. The lowest BCUT2D eigenvalue weighted by atomic mass is 10.1. The van der Waals surface area contributed by atoms with Crippen LogP contribution >= 0.6 is 11.6 Å². The summed E-state index contributed by atoms with van der Waals surface area (Å²) in [6.45, 7) is 6.05. The molecule has 8 heteroatoms. The Bertz CT molecular complexity index is 965. The minimum Gasteiger partial charge on any atom is -0.334 e. The van der Waals surface area contributed by atoms with E-state index in [9.17, 15) is 19.3 Å². The largest absolute Gasteiger partial charge is 0.334 e. The average Bonchev–Trinajstić information content (AvgIpc) is 2.70. The van der Waals surface area contributed by atoms with Gasteiger partial charge in [-0.2, -0.15) is 0 Å². The first kappa shape index (κ1) is 21.9. The summed E-state index contributed by atoms with van der Waals surface area (Å²) in [6.07, 6.45) is 3.08. The number of carbonyl (C=O) groups is 1. The van der Waals surface area contributed by atoms with E-state index in [0.29, 0.717) is 25.2 Å². The van der Waals surface area contributed by atoms with Gasteiger partial charge in [0.15, 0.2) is 0 Å². The lowest BCUT2D eigenvalue weighted by molar-refractivity contribution is -0.384. The first-order chi connectivity index (χ1) is 14.2. The molecule has 0 bridgehead atoms. The molecule has 6 nitrogen and oxygen atoms in total. The highest BCUT2D eigenvalue weighted by molar-refractivity contribution is 6.32. The molecule has 0 aromatic heterocycles. The second kappa shape index (κ2) is 9.36. The number of rotatable bonds is 5. The predicted molar refractivity (Wildman–Crippen MR) is 115 cm³/mol. The number of hydrogen-bond donors (Lipinski definition) is 0. The quantitative estimate of drug-likeness (QED) is 0.396. The number of carbonyl (C=O) groups excluding carboxylic acids is 1. The van der Waals surface area contributed by atoms with Crippen LogP contribution in [0.15, 0.2) is 48.5 Å². The van der Waals surface area contributed by atoms with Crippen LogP contribution < -0.4 is 0 Å². The van der Waals surface area contributed by atoms with E-state index in [2.05, 4.69) is 11.8 Å². The molecule has 0 saturated carbocycles. The zero-order valence-electron chi connectivity index (χ0n) is 16.8. The molecule has 1 aliphatic rings. The van der Waals surface area contributed by atoms with Gasteiger partial charge >= 0.3 is 0 Å². The maximum atomic E-state index is 13.1. The highest BCUT2D eigenvalue weighted by atomic mass is 35.5. The van der Waals surface area contributed by atoms with E-state index in [1.54, 1.807) is 24.3 Å². The molecule has 0 aliphatic carbocycles. The fourth-order valence-electron chi connectivity index (χ4n) is 3.59. The van der Waals surface area contributed by atoms with Crippen molar-refractivity contribution < 1.29 is 14.1 Å². The minimum absolute atomic E-state index is 0.0132. The Hall–Kier alpha value is -2.77. The van der Waals surface area contributed by atoms with E-state index in [0.717, 1.165) is 5.56 Å². The molecule has 0 unspecified atom stereocenters. The van der Waals surface area contributed by atoms with Crippen molar-refractivity contribution in [3.05, 3.63) is 80.6 Å². The fraction of sp³-hybridized carbons (Fsp3) is 0.318. The lowest BCUT2D eigenvalue weighted by Crippen LogP contribution is -2.57. The van der Waals surface area contributed by atoms with Crippen LogP contribution in [0.3, 0.4) is 0 Å². The van der Waals surface area contributed by atoms with Crippen LogP contribution in [0, 0.1) is 15.9 Å². The second-order valence-corrected chi connectivity index (χ2v) is 7.95. The molecule has 2 aromatic carbocycles. The third-order valence-electron chi connectivity index (χ3n) is 5.28. The molecule has 2 atom stereocenters. The molecule has 1 saturated heterocycles. The van der Waals surface area contributed by atoms with Gasteiger partial charge in [-0.25, -0.2) is 4.39 Å². The first-order valence-corrected chi connectivity index (χ1v) is 10.0. The van der Waals surface area contributed by atoms with Gasteiger partial charge in [-0.05, 0) is 55.3 Å². The van der Waals surface area contributed by atoms with Crippen molar-refractivity contribution in [3.8, 4) is 0 Å². The van der Waals surface area contributed by atoms with Gasteiger partial charge in [0.2, 0.25) is 5.91 Å². The van der Waals surface area contributed by atoms with Crippen LogP contribution in [0.25, 0.3) is 6.08 Å². The van der Waals surface area contributed by atoms with Gasteiger partial charge in [0.25, 0.3) is 5.69 Å². The molecule has 158 valence electrons. The Balaban J connectivity index is 1.63. The Morgan fingerprint density at radius 3 is 2.53 bits per heavy atom. The minimum atomic E-state index is -0.546. The molecule has 0 radical (unpaired) electrons. The maximum Gasteiger partial charge on any atom is 0.287 e. The zero-order valence-corrected chi connectivity index (χ0v) is 17.6. The third-order valence-corrected chi connectivity index (χ3v) is 5.59. The van der Waals surface area contributed by atoms with E-state index in [1.165, 1.54) is 30.3 Å². The van der Waals surface area contributed by atoms with Crippen molar-refractivity contribution >= 4 is 29.3 Å². The highest BCUT2D eigenvalue weighted by Crippen LogP contribution is 2.25. The zero-order chi connectivity index (χ0) is 21.8. The van der Waals surface area contributed by atoms with Gasteiger partial charge < -0.3 is 4.90 Å². The molecule has 3 rings (SSSR count). The van der Waals surface area contributed by atoms with Gasteiger partial charge in [-0.1, -0.05) is 23.7 Å². The summed E-state index contributed by atoms with van der Waals surface area (Å²) in [6, 6.07) is 11.0. The van der Waals surface area contributed by atoms with Crippen LogP contribution in [0.5, 0.6) is 0 Å². The van der Waals surface area contributed by atoms with Crippen molar-refractivity contribution in [3.63, 3.8) is 0 Å². The van der Waals surface area contributed by atoms with Crippen LogP contribution in [0.4, 0.5) is 10.1 Å². The van der Waals surface area contributed by atoms with Crippen LogP contribution in [0.2, 0.25) is 5.02 Å². The standard InChI is InChI=1S/C22H23ClFN3O3/c1-15-13-26(16(2)12-25(15)14-18-3-7-19(24)8-4-18)22(28)10-6-17-5-9-21(27(29)30)20(23)11-17/h3-11,15-16H,12-14H2,1-2H3/b10-6+/t15-,16+/m0/s1. The number of nitro groups is 1. The van der Waals surface area contributed by atoms with Gasteiger partial charge in [-0.3, -0.25) is 19.8 Å². The summed E-state index contributed by atoms with van der Waals surface area (Å²) >= 11 is 5.92. The Kier molecular flexibility index (Phi) is 6.84. The molecule has 1 aliphatic heterocycles. The van der Waals surface area contributed by atoms with E-state index in [-0.39, 0.29) is 34.5 Å². The monoisotopic (exact) mass is 431 g/mol. The summed E-state index contributed by atoms with van der Waals surface area (Å²) in [5, 5.41) is 10.9. The molecular weight excluding hydrogens is 409 g/mol. The Labute approximate surface area is 179 Å². The average molecular weight is 432 g/mol. The molecule has 1 amide bonds. The molecule has 2 aromatic rings. The molecule has 1 fully saturated rings. The fourth-order valence-corrected chi connectivity index (χ4v) is 3.85. The molecule has 0 N–H and O–H groups in total. The number of halogens is 2. The topological polar surface area (TPSA) is 66.7 Å². The SMILES string of the molecule is C[C@@H]1CN(Cc2ccc(F)cc2)[C@@H](C)CN1C(=O)/C=C/c1ccc([N+](=O)[O-])c(Cl)c1. The Morgan fingerprint density at radius 1 is 1.20 bits per heavy atom. The predicted octanol–water partition coefficient (Wildman–Crippen LogP) is 4.52. The second-order valence-electron chi connectivity index (χ2n) is 7.55. The molecular formula is C22H23ClFN3O3. The van der Waals surface area contributed by atoms with Gasteiger partial charge in [0.05, 0.1) is 4.92 Å². The number of piperazine rings is 1. The summed E-state index contributed by atoms with van der Waals surface area (Å²) in [7, 11) is 0. The normalized spacial score (nSPS) is 19.9. The number of nitrogens with zero attached hydrogens (tertiary/aromatic N) is 3. The van der Waals surface area contributed by atoms with E-state index in [4.69, 9.17) is 11.6 Å². The molecule has 1 heterocycles. The molecule has 30 heavy (non-hydrogen) atoms.